The number of rotatable bonds is 5. The second-order valence-electron chi connectivity index (χ2n) is 8.42. The number of piperazine rings is 1. The summed E-state index contributed by atoms with van der Waals surface area (Å²) in [7, 11) is 5.24. The van der Waals surface area contributed by atoms with Crippen molar-refractivity contribution >= 4 is 17.3 Å². The molecule has 0 bridgehead atoms. The Kier molecular flexibility index (Phi) is 6.29. The highest BCUT2D eigenvalue weighted by Crippen LogP contribution is 2.32. The third kappa shape index (κ3) is 4.26. The fourth-order valence-electron chi connectivity index (χ4n) is 4.50. The molecule has 1 N–H and O–H groups in total. The molecule has 33 heavy (non-hydrogen) atoms. The molecule has 1 fully saturated rings. The van der Waals surface area contributed by atoms with Gasteiger partial charge in [0, 0.05) is 51.1 Å². The number of carbonyl (C=O) groups is 1. The van der Waals surface area contributed by atoms with E-state index in [-0.39, 0.29) is 23.9 Å². The van der Waals surface area contributed by atoms with Crippen molar-refractivity contribution < 1.29 is 13.9 Å². The molecule has 1 amide bonds. The molecule has 1 aromatic heterocycles. The first-order chi connectivity index (χ1) is 15.9. The summed E-state index contributed by atoms with van der Waals surface area (Å²) in [5.41, 5.74) is 2.57. The molecule has 2 heterocycles. The SMILES string of the molecule is CNc1nc(Cc2cc(F)c(C(=O)N3CCN(C)C[C@H]3C)cc2OC)nc2c1C(C#N)=CC2. The van der Waals surface area contributed by atoms with Crippen LogP contribution in [-0.2, 0) is 12.8 Å². The van der Waals surface area contributed by atoms with E-state index in [1.165, 1.54) is 19.2 Å². The quantitative estimate of drug-likeness (QED) is 0.748. The lowest BCUT2D eigenvalue weighted by Gasteiger charge is -2.38. The van der Waals surface area contributed by atoms with Gasteiger partial charge in [0.1, 0.15) is 23.2 Å². The monoisotopic (exact) mass is 450 g/mol. The number of nitriles is 1. The van der Waals surface area contributed by atoms with Gasteiger partial charge in [-0.05, 0) is 26.1 Å². The van der Waals surface area contributed by atoms with E-state index in [4.69, 9.17) is 4.74 Å². The molecule has 9 heteroatoms. The fraction of sp³-hybridized carbons (Fsp3) is 0.417. The molecule has 1 saturated heterocycles. The molecule has 0 unspecified atom stereocenters. The molecule has 0 saturated carbocycles. The number of fused-ring (bicyclic) bond motifs is 1. The number of nitrogens with zero attached hydrogens (tertiary/aromatic N) is 5. The summed E-state index contributed by atoms with van der Waals surface area (Å²) in [6.45, 7) is 4.01. The van der Waals surface area contributed by atoms with Crippen molar-refractivity contribution in [1.82, 2.24) is 19.8 Å². The average Bonchev–Trinajstić information content (AvgIpc) is 3.21. The molecule has 0 radical (unpaired) electrons. The van der Waals surface area contributed by atoms with Crippen LogP contribution in [0.4, 0.5) is 10.2 Å². The highest BCUT2D eigenvalue weighted by molar-refractivity contribution is 5.95. The van der Waals surface area contributed by atoms with E-state index in [1.54, 1.807) is 11.9 Å². The second kappa shape index (κ2) is 9.16. The number of likely N-dealkylation sites (N-methyl/N-ethyl adjacent to an activating group) is 1. The van der Waals surface area contributed by atoms with E-state index in [9.17, 15) is 10.1 Å². The summed E-state index contributed by atoms with van der Waals surface area (Å²) < 4.78 is 20.6. The van der Waals surface area contributed by atoms with Crippen molar-refractivity contribution in [2.24, 2.45) is 0 Å². The number of anilines is 1. The van der Waals surface area contributed by atoms with Crippen LogP contribution in [0.15, 0.2) is 18.2 Å². The molecule has 172 valence electrons. The minimum absolute atomic E-state index is 0.000602. The maximum Gasteiger partial charge on any atom is 0.257 e. The highest BCUT2D eigenvalue weighted by atomic mass is 19.1. The number of methoxy groups -OCH3 is 1. The highest BCUT2D eigenvalue weighted by Gasteiger charge is 2.29. The lowest BCUT2D eigenvalue weighted by Crippen LogP contribution is -2.52. The first kappa shape index (κ1) is 22.7. The van der Waals surface area contributed by atoms with Crippen molar-refractivity contribution in [3.63, 3.8) is 0 Å². The van der Waals surface area contributed by atoms with Gasteiger partial charge in [0.05, 0.1) is 35.6 Å². The summed E-state index contributed by atoms with van der Waals surface area (Å²) in [5, 5.41) is 12.4. The molecule has 4 rings (SSSR count). The van der Waals surface area contributed by atoms with E-state index in [0.717, 1.165) is 18.8 Å². The average molecular weight is 451 g/mol. The summed E-state index contributed by atoms with van der Waals surface area (Å²) in [6, 6.07) is 4.97. The van der Waals surface area contributed by atoms with Gasteiger partial charge < -0.3 is 19.9 Å². The summed E-state index contributed by atoms with van der Waals surface area (Å²) in [4.78, 5) is 26.1. The van der Waals surface area contributed by atoms with Crippen LogP contribution in [-0.4, -0.2) is 72.6 Å². The van der Waals surface area contributed by atoms with Crippen molar-refractivity contribution in [2.45, 2.75) is 25.8 Å². The van der Waals surface area contributed by atoms with Gasteiger partial charge >= 0.3 is 0 Å². The lowest BCUT2D eigenvalue weighted by atomic mass is 10.0. The molecule has 0 spiro atoms. The predicted molar refractivity (Wildman–Crippen MR) is 123 cm³/mol. The van der Waals surface area contributed by atoms with Crippen molar-refractivity contribution in [3.05, 3.63) is 52.2 Å². The maximum absolute atomic E-state index is 15.1. The van der Waals surface area contributed by atoms with Gasteiger partial charge in [-0.3, -0.25) is 4.79 Å². The number of aromatic nitrogens is 2. The second-order valence-corrected chi connectivity index (χ2v) is 8.42. The third-order valence-corrected chi connectivity index (χ3v) is 6.20. The largest absolute Gasteiger partial charge is 0.496 e. The Morgan fingerprint density at radius 3 is 2.82 bits per heavy atom. The van der Waals surface area contributed by atoms with Crippen LogP contribution in [0.2, 0.25) is 0 Å². The Morgan fingerprint density at radius 1 is 1.36 bits per heavy atom. The Bertz CT molecular complexity index is 1170. The molecular formula is C24H27FN6O2. The van der Waals surface area contributed by atoms with Crippen LogP contribution < -0.4 is 10.1 Å². The van der Waals surface area contributed by atoms with Gasteiger partial charge in [-0.15, -0.1) is 0 Å². The molecule has 1 aliphatic carbocycles. The normalized spacial score (nSPS) is 17.9. The van der Waals surface area contributed by atoms with Crippen molar-refractivity contribution in [2.75, 3.05) is 46.2 Å². The van der Waals surface area contributed by atoms with Crippen molar-refractivity contribution in [1.29, 1.82) is 5.26 Å². The number of hydrogen-bond donors (Lipinski definition) is 1. The van der Waals surface area contributed by atoms with E-state index in [1.807, 2.05) is 20.0 Å². The maximum atomic E-state index is 15.1. The topological polar surface area (TPSA) is 94.4 Å². The van der Waals surface area contributed by atoms with Gasteiger partial charge in [-0.1, -0.05) is 6.08 Å². The smallest absolute Gasteiger partial charge is 0.257 e. The molecule has 2 aliphatic rings. The zero-order chi connectivity index (χ0) is 23.7. The zero-order valence-electron chi connectivity index (χ0n) is 19.3. The standard InChI is InChI=1S/C24H27FN6O2/c1-14-13-30(3)7-8-31(14)24(32)17-11-20(33-4)16(9-18(17)25)10-21-28-19-6-5-15(12-26)22(19)23(27-2)29-21/h5,9,11,14H,6-8,10,13H2,1-4H3,(H,27,28,29)/t14-/m1/s1. The first-order valence-corrected chi connectivity index (χ1v) is 10.9. The fourth-order valence-corrected chi connectivity index (χ4v) is 4.50. The molecule has 1 atom stereocenters. The van der Waals surface area contributed by atoms with E-state index >= 15 is 4.39 Å². The predicted octanol–water partition coefficient (Wildman–Crippen LogP) is 2.50. The van der Waals surface area contributed by atoms with Crippen LogP contribution in [0.1, 0.15) is 39.9 Å². The third-order valence-electron chi connectivity index (χ3n) is 6.20. The molecule has 8 nitrogen and oxygen atoms in total. The lowest BCUT2D eigenvalue weighted by molar-refractivity contribution is 0.0528. The van der Waals surface area contributed by atoms with E-state index < -0.39 is 5.82 Å². The Hall–Kier alpha value is -3.51. The summed E-state index contributed by atoms with van der Waals surface area (Å²) in [5.74, 6) is 0.530. The number of carbonyl (C=O) groups excluding carboxylic acids is 1. The minimum Gasteiger partial charge on any atom is -0.496 e. The zero-order valence-corrected chi connectivity index (χ0v) is 19.3. The number of benzene rings is 1. The number of allylic oxidation sites excluding steroid dienone is 2. The number of nitrogens with one attached hydrogen (secondary N) is 1. The van der Waals surface area contributed by atoms with Gasteiger partial charge in [-0.25, -0.2) is 14.4 Å². The van der Waals surface area contributed by atoms with Crippen LogP contribution in [0.25, 0.3) is 5.57 Å². The Balaban J connectivity index is 1.64. The number of amides is 1. The number of ether oxygens (including phenoxy) is 1. The van der Waals surface area contributed by atoms with Crippen LogP contribution in [0.5, 0.6) is 5.75 Å². The molecule has 1 aromatic carbocycles. The molecular weight excluding hydrogens is 423 g/mol. The number of hydrogen-bond acceptors (Lipinski definition) is 7. The van der Waals surface area contributed by atoms with Gasteiger partial charge in [-0.2, -0.15) is 5.26 Å². The summed E-state index contributed by atoms with van der Waals surface area (Å²) >= 11 is 0. The van der Waals surface area contributed by atoms with Crippen LogP contribution in [0.3, 0.4) is 0 Å². The van der Waals surface area contributed by atoms with Crippen LogP contribution >= 0.6 is 0 Å². The first-order valence-electron chi connectivity index (χ1n) is 10.9. The minimum atomic E-state index is -0.592. The number of halogens is 1. The summed E-state index contributed by atoms with van der Waals surface area (Å²) in [6.07, 6.45) is 2.60. The van der Waals surface area contributed by atoms with E-state index in [2.05, 4.69) is 26.3 Å². The Labute approximate surface area is 192 Å². The Morgan fingerprint density at radius 2 is 2.15 bits per heavy atom. The molecule has 2 aromatic rings. The van der Waals surface area contributed by atoms with E-state index in [0.29, 0.717) is 47.1 Å². The van der Waals surface area contributed by atoms with Gasteiger partial charge in [0.25, 0.3) is 5.91 Å². The van der Waals surface area contributed by atoms with Gasteiger partial charge in [0.15, 0.2) is 0 Å². The van der Waals surface area contributed by atoms with Gasteiger partial charge in [0.2, 0.25) is 0 Å². The molecule has 1 aliphatic heterocycles. The van der Waals surface area contributed by atoms with Crippen molar-refractivity contribution in [3.8, 4) is 11.8 Å². The van der Waals surface area contributed by atoms with Crippen LogP contribution in [0, 0.1) is 17.1 Å².